The van der Waals surface area contributed by atoms with Gasteiger partial charge in [-0.1, -0.05) is 29.8 Å². The van der Waals surface area contributed by atoms with E-state index in [-0.39, 0.29) is 18.5 Å². The fourth-order valence-corrected chi connectivity index (χ4v) is 5.20. The predicted octanol–water partition coefficient (Wildman–Crippen LogP) is 5.92. The summed E-state index contributed by atoms with van der Waals surface area (Å²) in [6.07, 6.45) is 4.46. The summed E-state index contributed by atoms with van der Waals surface area (Å²) in [5, 5.41) is 3.57. The number of hydrogen-bond acceptors (Lipinski definition) is 6. The van der Waals surface area contributed by atoms with Gasteiger partial charge in [0.25, 0.3) is 0 Å². The van der Waals surface area contributed by atoms with Crippen molar-refractivity contribution in [1.29, 1.82) is 0 Å². The first kappa shape index (κ1) is 25.8. The van der Waals surface area contributed by atoms with E-state index in [4.69, 9.17) is 26.1 Å². The topological polar surface area (TPSA) is 64.4 Å². The highest BCUT2D eigenvalue weighted by molar-refractivity contribution is 6.30. The maximum Gasteiger partial charge on any atom is 0.214 e. The largest absolute Gasteiger partial charge is 0.473 e. The molecule has 2 aliphatic rings. The first-order chi connectivity index (χ1) is 19.1. The van der Waals surface area contributed by atoms with Crippen LogP contribution in [0.2, 0.25) is 5.02 Å². The van der Waals surface area contributed by atoms with Crippen molar-refractivity contribution in [2.75, 3.05) is 32.1 Å². The maximum absolute atomic E-state index is 14.1. The summed E-state index contributed by atoms with van der Waals surface area (Å²) in [7, 11) is 1.93. The second-order valence-electron chi connectivity index (χ2n) is 9.97. The average Bonchev–Trinajstić information content (AvgIpc) is 3.26. The molecule has 7 nitrogen and oxygen atoms in total. The molecule has 0 saturated carbocycles. The molecule has 39 heavy (non-hydrogen) atoms. The van der Waals surface area contributed by atoms with Gasteiger partial charge >= 0.3 is 0 Å². The van der Waals surface area contributed by atoms with Crippen LogP contribution in [0, 0.1) is 5.82 Å². The molecular weight excluding hydrogens is 517 g/mol. The monoisotopic (exact) mass is 547 g/mol. The van der Waals surface area contributed by atoms with Gasteiger partial charge in [0.2, 0.25) is 5.88 Å². The molecule has 1 N–H and O–H groups in total. The zero-order chi connectivity index (χ0) is 26.8. The summed E-state index contributed by atoms with van der Waals surface area (Å²) < 4.78 is 28.0. The molecule has 0 spiro atoms. The van der Waals surface area contributed by atoms with Gasteiger partial charge in [-0.05, 0) is 54.8 Å². The van der Waals surface area contributed by atoms with Gasteiger partial charge in [-0.3, -0.25) is 4.90 Å². The number of pyridine rings is 1. The standard InChI is InChI=1S/C30H31ClFN5O2/c1-33-23-7-8-28-27(16-23)34-29(37(28)17-24-11-14-38-24)18-36-12-9-20(10-13-36)26-3-2-4-30(35-26)39-19-21-5-6-22(31)15-25(21)32/h2-9,15-16,24,33H,10-14,17-19H2,1H3/t24-/m0/s1. The highest BCUT2D eigenvalue weighted by atomic mass is 35.5. The Morgan fingerprint density at radius 2 is 2.05 bits per heavy atom. The van der Waals surface area contributed by atoms with Gasteiger partial charge < -0.3 is 19.4 Å². The van der Waals surface area contributed by atoms with E-state index < -0.39 is 0 Å². The van der Waals surface area contributed by atoms with Crippen LogP contribution in [0.4, 0.5) is 10.1 Å². The third kappa shape index (κ3) is 5.78. The van der Waals surface area contributed by atoms with Crippen LogP contribution in [0.5, 0.6) is 5.88 Å². The van der Waals surface area contributed by atoms with Gasteiger partial charge in [0.05, 0.1) is 35.9 Å². The molecule has 1 atom stereocenters. The number of hydrogen-bond donors (Lipinski definition) is 1. The lowest BCUT2D eigenvalue weighted by Crippen LogP contribution is -2.33. The quantitative estimate of drug-likeness (QED) is 0.280. The Morgan fingerprint density at radius 3 is 2.79 bits per heavy atom. The van der Waals surface area contributed by atoms with Gasteiger partial charge in [0, 0.05) is 49.1 Å². The summed E-state index contributed by atoms with van der Waals surface area (Å²) in [4.78, 5) is 12.1. The molecule has 0 aliphatic carbocycles. The SMILES string of the molecule is CNc1ccc2c(c1)nc(CN1CC=C(c3cccc(OCc4ccc(Cl)cc4F)n3)CC1)n2C[C@@H]1CCO1. The lowest BCUT2D eigenvalue weighted by molar-refractivity contribution is -0.0591. The van der Waals surface area contributed by atoms with Crippen LogP contribution in [-0.4, -0.2) is 52.3 Å². The number of aromatic nitrogens is 3. The van der Waals surface area contributed by atoms with Gasteiger partial charge in [0.15, 0.2) is 0 Å². The Kier molecular flexibility index (Phi) is 7.50. The van der Waals surface area contributed by atoms with Crippen LogP contribution in [0.25, 0.3) is 16.6 Å². The third-order valence-electron chi connectivity index (χ3n) is 7.40. The molecule has 2 aromatic carbocycles. The lowest BCUT2D eigenvalue weighted by atomic mass is 10.0. The van der Waals surface area contributed by atoms with Crippen molar-refractivity contribution in [2.24, 2.45) is 0 Å². The predicted molar refractivity (Wildman–Crippen MR) is 151 cm³/mol. The normalized spacial score (nSPS) is 17.6. The van der Waals surface area contributed by atoms with E-state index in [2.05, 4.69) is 44.0 Å². The fourth-order valence-electron chi connectivity index (χ4n) is 5.04. The highest BCUT2D eigenvalue weighted by Crippen LogP contribution is 2.27. The zero-order valence-corrected chi connectivity index (χ0v) is 22.6. The van der Waals surface area contributed by atoms with E-state index in [1.807, 2.05) is 19.2 Å². The van der Waals surface area contributed by atoms with Crippen molar-refractivity contribution in [1.82, 2.24) is 19.4 Å². The van der Waals surface area contributed by atoms with E-state index in [0.29, 0.717) is 16.5 Å². The minimum Gasteiger partial charge on any atom is -0.473 e. The van der Waals surface area contributed by atoms with E-state index in [9.17, 15) is 4.39 Å². The van der Waals surface area contributed by atoms with E-state index in [0.717, 1.165) is 73.9 Å². The number of anilines is 1. The van der Waals surface area contributed by atoms with Crippen molar-refractivity contribution in [3.8, 4) is 5.88 Å². The van der Waals surface area contributed by atoms with Crippen LogP contribution in [0.1, 0.15) is 29.9 Å². The van der Waals surface area contributed by atoms with Crippen molar-refractivity contribution in [3.05, 3.63) is 88.6 Å². The van der Waals surface area contributed by atoms with E-state index in [1.165, 1.54) is 11.6 Å². The van der Waals surface area contributed by atoms with E-state index >= 15 is 0 Å². The molecule has 0 unspecified atom stereocenters. The van der Waals surface area contributed by atoms with Gasteiger partial charge in [0.1, 0.15) is 18.2 Å². The molecule has 2 aromatic heterocycles. The molecule has 4 aromatic rings. The van der Waals surface area contributed by atoms with Crippen molar-refractivity contribution in [2.45, 2.75) is 38.6 Å². The third-order valence-corrected chi connectivity index (χ3v) is 7.63. The number of nitrogens with zero attached hydrogens (tertiary/aromatic N) is 4. The van der Waals surface area contributed by atoms with Crippen molar-refractivity contribution in [3.63, 3.8) is 0 Å². The summed E-state index contributed by atoms with van der Waals surface area (Å²) in [5.74, 6) is 1.15. The number of halogens is 2. The molecule has 0 bridgehead atoms. The molecule has 0 amide bonds. The minimum absolute atomic E-state index is 0.0923. The van der Waals surface area contributed by atoms with Crippen LogP contribution < -0.4 is 10.1 Å². The van der Waals surface area contributed by atoms with Gasteiger partial charge in [-0.15, -0.1) is 0 Å². The average molecular weight is 548 g/mol. The van der Waals surface area contributed by atoms with Crippen molar-refractivity contribution >= 4 is 33.9 Å². The summed E-state index contributed by atoms with van der Waals surface area (Å²) in [5.41, 5.74) is 5.72. The minimum atomic E-state index is -0.384. The lowest BCUT2D eigenvalue weighted by Gasteiger charge is -2.29. The second-order valence-corrected chi connectivity index (χ2v) is 10.4. The fraction of sp³-hybridized carbons (Fsp3) is 0.333. The molecule has 0 radical (unpaired) electrons. The number of nitrogens with one attached hydrogen (secondary N) is 1. The van der Waals surface area contributed by atoms with Crippen LogP contribution in [0.15, 0.2) is 60.7 Å². The van der Waals surface area contributed by atoms with Gasteiger partial charge in [-0.25, -0.2) is 14.4 Å². The Labute approximate surface area is 232 Å². The Morgan fingerprint density at radius 1 is 1.15 bits per heavy atom. The smallest absolute Gasteiger partial charge is 0.214 e. The number of imidazole rings is 1. The van der Waals surface area contributed by atoms with Crippen LogP contribution >= 0.6 is 11.6 Å². The Bertz CT molecular complexity index is 1520. The van der Waals surface area contributed by atoms with Crippen LogP contribution in [-0.2, 0) is 24.4 Å². The zero-order valence-electron chi connectivity index (χ0n) is 21.9. The molecule has 9 heteroatoms. The molecule has 2 aliphatic heterocycles. The number of rotatable bonds is 9. The van der Waals surface area contributed by atoms with Gasteiger partial charge in [-0.2, -0.15) is 0 Å². The molecule has 1 saturated heterocycles. The molecule has 1 fully saturated rings. The first-order valence-electron chi connectivity index (χ1n) is 13.3. The maximum atomic E-state index is 14.1. The molecule has 202 valence electrons. The second kappa shape index (κ2) is 11.3. The van der Waals surface area contributed by atoms with Crippen LogP contribution in [0.3, 0.4) is 0 Å². The molecular formula is C30H31ClFN5O2. The first-order valence-corrected chi connectivity index (χ1v) is 13.7. The Hall–Kier alpha value is -3.46. The van der Waals surface area contributed by atoms with E-state index in [1.54, 1.807) is 18.2 Å². The number of benzene rings is 2. The highest BCUT2D eigenvalue weighted by Gasteiger charge is 2.23. The summed E-state index contributed by atoms with van der Waals surface area (Å²) in [6.45, 7) is 4.24. The summed E-state index contributed by atoms with van der Waals surface area (Å²) >= 11 is 5.85. The summed E-state index contributed by atoms with van der Waals surface area (Å²) in [6, 6.07) is 16.6. The number of ether oxygens (including phenoxy) is 2. The molecule has 6 rings (SSSR count). The Balaban J connectivity index is 1.14. The number of fused-ring (bicyclic) bond motifs is 1. The molecule has 4 heterocycles. The van der Waals surface area contributed by atoms with Crippen molar-refractivity contribution < 1.29 is 13.9 Å².